The van der Waals surface area contributed by atoms with Crippen LogP contribution in [-0.2, 0) is 28.6 Å². The smallest absolute Gasteiger partial charge is 0.377 e. The zero-order valence-electron chi connectivity index (χ0n) is 13.9. The standard InChI is InChI=1S/C15H24N2O7/c1-3-21-13(19)8-12(15(20)22-4-2)24-17-14(16)11-7-5-6-10(9-18)23-11/h8,10-11,18H,3-7,9H2,1-2H3,(H2,16,17)/b12-8+/t10-,11+/m0/s1. The van der Waals surface area contributed by atoms with Crippen LogP contribution in [0.15, 0.2) is 17.0 Å². The Morgan fingerprint density at radius 1 is 1.29 bits per heavy atom. The first-order valence-corrected chi connectivity index (χ1v) is 7.84. The first-order chi connectivity index (χ1) is 11.5. The normalized spacial score (nSPS) is 22.0. The van der Waals surface area contributed by atoms with Crippen molar-refractivity contribution in [3.63, 3.8) is 0 Å². The number of hydrogen-bond donors (Lipinski definition) is 2. The Labute approximate surface area is 140 Å². The summed E-state index contributed by atoms with van der Waals surface area (Å²) in [5, 5.41) is 12.8. The molecule has 1 heterocycles. The van der Waals surface area contributed by atoms with Crippen LogP contribution in [0.25, 0.3) is 0 Å². The fourth-order valence-corrected chi connectivity index (χ4v) is 2.03. The second-order valence-electron chi connectivity index (χ2n) is 4.95. The van der Waals surface area contributed by atoms with Crippen LogP contribution in [0.3, 0.4) is 0 Å². The number of aliphatic hydroxyl groups is 1. The average Bonchev–Trinajstić information content (AvgIpc) is 2.58. The van der Waals surface area contributed by atoms with Gasteiger partial charge < -0.3 is 29.9 Å². The highest BCUT2D eigenvalue weighted by Crippen LogP contribution is 2.19. The maximum absolute atomic E-state index is 11.8. The van der Waals surface area contributed by atoms with Crippen molar-refractivity contribution in [1.82, 2.24) is 0 Å². The van der Waals surface area contributed by atoms with Gasteiger partial charge in [-0.1, -0.05) is 5.16 Å². The van der Waals surface area contributed by atoms with Crippen molar-refractivity contribution in [2.24, 2.45) is 10.9 Å². The molecule has 1 fully saturated rings. The van der Waals surface area contributed by atoms with Gasteiger partial charge in [0.2, 0.25) is 5.76 Å². The molecule has 0 amide bonds. The van der Waals surface area contributed by atoms with E-state index in [2.05, 4.69) is 5.16 Å². The molecular formula is C15H24N2O7. The lowest BCUT2D eigenvalue weighted by molar-refractivity contribution is -0.144. The van der Waals surface area contributed by atoms with E-state index in [1.165, 1.54) is 0 Å². The Balaban J connectivity index is 2.77. The van der Waals surface area contributed by atoms with Gasteiger partial charge in [-0.2, -0.15) is 0 Å². The molecule has 1 aliphatic heterocycles. The molecule has 0 aromatic heterocycles. The van der Waals surface area contributed by atoms with Crippen LogP contribution in [-0.4, -0.2) is 54.9 Å². The predicted octanol–water partition coefficient (Wildman–Crippen LogP) is 0.215. The number of amidine groups is 1. The van der Waals surface area contributed by atoms with Crippen molar-refractivity contribution < 1.29 is 33.7 Å². The summed E-state index contributed by atoms with van der Waals surface area (Å²) in [7, 11) is 0. The molecule has 0 aliphatic carbocycles. The van der Waals surface area contributed by atoms with Crippen molar-refractivity contribution >= 4 is 17.8 Å². The molecule has 9 heteroatoms. The van der Waals surface area contributed by atoms with E-state index >= 15 is 0 Å². The molecule has 24 heavy (non-hydrogen) atoms. The molecule has 0 spiro atoms. The summed E-state index contributed by atoms with van der Waals surface area (Å²) < 4.78 is 15.0. The maximum atomic E-state index is 11.8. The third kappa shape index (κ3) is 6.55. The number of oxime groups is 1. The van der Waals surface area contributed by atoms with Gasteiger partial charge in [0.05, 0.1) is 32.0 Å². The zero-order valence-corrected chi connectivity index (χ0v) is 13.9. The van der Waals surface area contributed by atoms with Gasteiger partial charge in [-0.15, -0.1) is 0 Å². The molecular weight excluding hydrogens is 320 g/mol. The van der Waals surface area contributed by atoms with Crippen molar-refractivity contribution in [3.8, 4) is 0 Å². The van der Waals surface area contributed by atoms with E-state index in [0.717, 1.165) is 18.9 Å². The largest absolute Gasteiger partial charge is 0.463 e. The lowest BCUT2D eigenvalue weighted by atomic mass is 10.0. The van der Waals surface area contributed by atoms with Crippen molar-refractivity contribution in [3.05, 3.63) is 11.8 Å². The van der Waals surface area contributed by atoms with Gasteiger partial charge in [0.1, 0.15) is 6.10 Å². The van der Waals surface area contributed by atoms with Gasteiger partial charge in [-0.3, -0.25) is 0 Å². The third-order valence-electron chi connectivity index (χ3n) is 3.14. The van der Waals surface area contributed by atoms with Crippen LogP contribution in [0, 0.1) is 0 Å². The van der Waals surface area contributed by atoms with Gasteiger partial charge in [-0.25, -0.2) is 9.59 Å². The number of hydrogen-bond acceptors (Lipinski definition) is 8. The number of carbonyl (C=O) groups excluding carboxylic acids is 2. The lowest BCUT2D eigenvalue weighted by Crippen LogP contribution is -2.39. The summed E-state index contributed by atoms with van der Waals surface area (Å²) in [6, 6.07) is 0. The number of carbonyl (C=O) groups is 2. The number of nitrogens with two attached hydrogens (primary N) is 1. The van der Waals surface area contributed by atoms with Crippen LogP contribution >= 0.6 is 0 Å². The fourth-order valence-electron chi connectivity index (χ4n) is 2.03. The molecule has 0 unspecified atom stereocenters. The van der Waals surface area contributed by atoms with Gasteiger partial charge in [0, 0.05) is 0 Å². The summed E-state index contributed by atoms with van der Waals surface area (Å²) in [5.74, 6) is -2.05. The molecule has 2 atom stereocenters. The SMILES string of the molecule is CCOC(=O)/C=C(/O/N=C(\N)[C@H]1CCC[C@@H](CO)O1)C(=O)OCC. The van der Waals surface area contributed by atoms with Crippen LogP contribution in [0.5, 0.6) is 0 Å². The van der Waals surface area contributed by atoms with Crippen LogP contribution in [0.2, 0.25) is 0 Å². The zero-order chi connectivity index (χ0) is 17.9. The van der Waals surface area contributed by atoms with E-state index in [1.54, 1.807) is 13.8 Å². The van der Waals surface area contributed by atoms with E-state index in [-0.39, 0.29) is 31.8 Å². The minimum absolute atomic E-state index is 0.00667. The molecule has 0 aromatic carbocycles. The van der Waals surface area contributed by atoms with E-state index in [0.29, 0.717) is 6.42 Å². The Kier molecular flexibility index (Phi) is 8.80. The second kappa shape index (κ2) is 10.6. The van der Waals surface area contributed by atoms with E-state index in [4.69, 9.17) is 29.9 Å². The third-order valence-corrected chi connectivity index (χ3v) is 3.14. The number of ether oxygens (including phenoxy) is 3. The highest BCUT2D eigenvalue weighted by Gasteiger charge is 2.25. The highest BCUT2D eigenvalue weighted by molar-refractivity contribution is 5.95. The monoisotopic (exact) mass is 344 g/mol. The molecule has 0 saturated carbocycles. The van der Waals surface area contributed by atoms with Crippen LogP contribution < -0.4 is 5.73 Å². The topological polar surface area (TPSA) is 130 Å². The van der Waals surface area contributed by atoms with Crippen LogP contribution in [0.4, 0.5) is 0 Å². The van der Waals surface area contributed by atoms with E-state index in [9.17, 15) is 9.59 Å². The lowest BCUT2D eigenvalue weighted by Gasteiger charge is -2.28. The number of esters is 2. The molecule has 0 bridgehead atoms. The molecule has 1 aliphatic rings. The number of aliphatic hydroxyl groups excluding tert-OH is 1. The fraction of sp³-hybridized carbons (Fsp3) is 0.667. The Bertz CT molecular complexity index is 490. The van der Waals surface area contributed by atoms with Crippen molar-refractivity contribution in [2.75, 3.05) is 19.8 Å². The van der Waals surface area contributed by atoms with Gasteiger partial charge >= 0.3 is 11.9 Å². The second-order valence-corrected chi connectivity index (χ2v) is 4.95. The molecule has 1 rings (SSSR count). The Morgan fingerprint density at radius 3 is 2.62 bits per heavy atom. The predicted molar refractivity (Wildman–Crippen MR) is 83.7 cm³/mol. The number of rotatable bonds is 8. The summed E-state index contributed by atoms with van der Waals surface area (Å²) in [6.45, 7) is 3.38. The van der Waals surface area contributed by atoms with Crippen molar-refractivity contribution in [2.45, 2.75) is 45.3 Å². The quantitative estimate of drug-likeness (QED) is 0.160. The Morgan fingerprint density at radius 2 is 2.00 bits per heavy atom. The summed E-state index contributed by atoms with van der Waals surface area (Å²) >= 11 is 0. The molecule has 3 N–H and O–H groups in total. The van der Waals surface area contributed by atoms with Gasteiger partial charge in [-0.05, 0) is 33.1 Å². The molecule has 136 valence electrons. The van der Waals surface area contributed by atoms with E-state index in [1.807, 2.05) is 0 Å². The summed E-state index contributed by atoms with van der Waals surface area (Å²) in [5.41, 5.74) is 5.80. The Hall–Kier alpha value is -2.13. The highest BCUT2D eigenvalue weighted by atomic mass is 16.7. The van der Waals surface area contributed by atoms with E-state index < -0.39 is 23.8 Å². The molecule has 0 radical (unpaired) electrons. The molecule has 1 saturated heterocycles. The van der Waals surface area contributed by atoms with Gasteiger partial charge in [0.25, 0.3) is 0 Å². The summed E-state index contributed by atoms with van der Waals surface area (Å²) in [6.07, 6.45) is 2.18. The molecule has 9 nitrogen and oxygen atoms in total. The first-order valence-electron chi connectivity index (χ1n) is 7.84. The van der Waals surface area contributed by atoms with Crippen LogP contribution in [0.1, 0.15) is 33.1 Å². The molecule has 0 aromatic rings. The van der Waals surface area contributed by atoms with Crippen molar-refractivity contribution in [1.29, 1.82) is 0 Å². The average molecular weight is 344 g/mol. The first kappa shape index (κ1) is 19.9. The minimum atomic E-state index is -0.861. The summed E-state index contributed by atoms with van der Waals surface area (Å²) in [4.78, 5) is 28.2. The number of nitrogens with zero attached hydrogens (tertiary/aromatic N) is 1. The maximum Gasteiger partial charge on any atom is 0.377 e. The van der Waals surface area contributed by atoms with Gasteiger partial charge in [0.15, 0.2) is 5.84 Å². The minimum Gasteiger partial charge on any atom is -0.463 e.